The zero-order valence-electron chi connectivity index (χ0n) is 13.7. The maximum absolute atomic E-state index is 14.0. The van der Waals surface area contributed by atoms with E-state index in [1.165, 1.54) is 25.3 Å². The van der Waals surface area contributed by atoms with Gasteiger partial charge in [-0.05, 0) is 42.5 Å². The molecule has 0 fully saturated rings. The number of esters is 1. The lowest BCUT2D eigenvalue weighted by Gasteiger charge is -2.10. The van der Waals surface area contributed by atoms with Crippen LogP contribution in [0, 0.1) is 15.9 Å². The van der Waals surface area contributed by atoms with E-state index in [-0.39, 0.29) is 29.0 Å². The number of rotatable bonds is 5. The standard InChI is InChI=1S/C18H14FN3O4/c1-26-18(23)11-4-5-14(19)12(9-11)10-21-16-7-6-15-13(3-2-8-20-15)17(16)22(24)25/h2-9,21H,10H2,1H3. The highest BCUT2D eigenvalue weighted by Crippen LogP contribution is 2.32. The first-order valence-electron chi connectivity index (χ1n) is 7.64. The van der Waals surface area contributed by atoms with Crippen molar-refractivity contribution in [2.75, 3.05) is 12.4 Å². The van der Waals surface area contributed by atoms with Crippen molar-refractivity contribution in [3.8, 4) is 0 Å². The first-order chi connectivity index (χ1) is 12.5. The van der Waals surface area contributed by atoms with Crippen LogP contribution in [0.3, 0.4) is 0 Å². The molecule has 2 aromatic carbocycles. The van der Waals surface area contributed by atoms with Crippen molar-refractivity contribution in [3.63, 3.8) is 0 Å². The third-order valence-electron chi connectivity index (χ3n) is 3.88. The van der Waals surface area contributed by atoms with Crippen molar-refractivity contribution in [3.05, 3.63) is 75.7 Å². The highest BCUT2D eigenvalue weighted by Gasteiger charge is 2.19. The highest BCUT2D eigenvalue weighted by molar-refractivity contribution is 5.94. The number of fused-ring (bicyclic) bond motifs is 1. The van der Waals surface area contributed by atoms with E-state index in [1.807, 2.05) is 0 Å². The molecule has 0 aliphatic rings. The minimum absolute atomic E-state index is 0.0384. The lowest BCUT2D eigenvalue weighted by molar-refractivity contribution is -0.382. The molecule has 0 aliphatic heterocycles. The molecule has 26 heavy (non-hydrogen) atoms. The molecule has 1 heterocycles. The van der Waals surface area contributed by atoms with Gasteiger partial charge in [-0.1, -0.05) is 0 Å². The number of anilines is 1. The normalized spacial score (nSPS) is 10.5. The summed E-state index contributed by atoms with van der Waals surface area (Å²) in [6, 6.07) is 10.2. The quantitative estimate of drug-likeness (QED) is 0.426. The number of halogens is 1. The molecule has 132 valence electrons. The van der Waals surface area contributed by atoms with Crippen LogP contribution in [0.1, 0.15) is 15.9 Å². The number of nitro groups is 1. The summed E-state index contributed by atoms with van der Waals surface area (Å²) in [5, 5.41) is 14.7. The largest absolute Gasteiger partial charge is 0.465 e. The molecule has 0 bridgehead atoms. The SMILES string of the molecule is COC(=O)c1ccc(F)c(CNc2ccc3ncccc3c2[N+](=O)[O-])c1. The van der Waals surface area contributed by atoms with Gasteiger partial charge in [-0.3, -0.25) is 15.1 Å². The fourth-order valence-corrected chi connectivity index (χ4v) is 2.62. The summed E-state index contributed by atoms with van der Waals surface area (Å²) in [6.07, 6.45) is 1.55. The first kappa shape index (κ1) is 17.3. The summed E-state index contributed by atoms with van der Waals surface area (Å²) >= 11 is 0. The van der Waals surface area contributed by atoms with Crippen LogP contribution in [0.15, 0.2) is 48.7 Å². The van der Waals surface area contributed by atoms with E-state index in [0.717, 1.165) is 6.07 Å². The molecule has 8 heteroatoms. The van der Waals surface area contributed by atoms with Crippen molar-refractivity contribution >= 4 is 28.2 Å². The summed E-state index contributed by atoms with van der Waals surface area (Å²) in [5.74, 6) is -1.12. The van der Waals surface area contributed by atoms with Gasteiger partial charge in [0.1, 0.15) is 11.5 Å². The Morgan fingerprint density at radius 1 is 1.31 bits per heavy atom. The Labute approximate surface area is 147 Å². The summed E-state index contributed by atoms with van der Waals surface area (Å²) in [6.45, 7) is -0.0384. The van der Waals surface area contributed by atoms with E-state index in [4.69, 9.17) is 0 Å². The number of benzene rings is 2. The summed E-state index contributed by atoms with van der Waals surface area (Å²) < 4.78 is 18.6. The molecule has 0 saturated heterocycles. The third-order valence-corrected chi connectivity index (χ3v) is 3.88. The van der Waals surface area contributed by atoms with Gasteiger partial charge in [0.25, 0.3) is 0 Å². The number of pyridine rings is 1. The molecule has 0 atom stereocenters. The average molecular weight is 355 g/mol. The van der Waals surface area contributed by atoms with Crippen molar-refractivity contribution in [1.29, 1.82) is 0 Å². The fourth-order valence-electron chi connectivity index (χ4n) is 2.62. The molecule has 1 aromatic heterocycles. The minimum atomic E-state index is -0.589. The topological polar surface area (TPSA) is 94.4 Å². The minimum Gasteiger partial charge on any atom is -0.465 e. The van der Waals surface area contributed by atoms with Crippen molar-refractivity contribution in [2.24, 2.45) is 0 Å². The predicted octanol–water partition coefficient (Wildman–Crippen LogP) is 3.68. The Bertz CT molecular complexity index is 1010. The van der Waals surface area contributed by atoms with Crippen LogP contribution in [-0.4, -0.2) is 23.0 Å². The Morgan fingerprint density at radius 2 is 2.12 bits per heavy atom. The van der Waals surface area contributed by atoms with Gasteiger partial charge in [0.05, 0.1) is 28.5 Å². The van der Waals surface area contributed by atoms with E-state index < -0.39 is 16.7 Å². The van der Waals surface area contributed by atoms with Gasteiger partial charge in [-0.15, -0.1) is 0 Å². The smallest absolute Gasteiger partial charge is 0.337 e. The van der Waals surface area contributed by atoms with Crippen molar-refractivity contribution in [2.45, 2.75) is 6.54 Å². The number of carbonyl (C=O) groups excluding carboxylic acids is 1. The number of hydrogen-bond acceptors (Lipinski definition) is 6. The van der Waals surface area contributed by atoms with Gasteiger partial charge < -0.3 is 10.1 Å². The van der Waals surface area contributed by atoms with E-state index in [1.54, 1.807) is 24.4 Å². The van der Waals surface area contributed by atoms with Crippen LogP contribution in [-0.2, 0) is 11.3 Å². The van der Waals surface area contributed by atoms with Crippen molar-refractivity contribution in [1.82, 2.24) is 4.98 Å². The van der Waals surface area contributed by atoms with Gasteiger partial charge in [0.2, 0.25) is 0 Å². The molecule has 0 unspecified atom stereocenters. The number of hydrogen-bond donors (Lipinski definition) is 1. The summed E-state index contributed by atoms with van der Waals surface area (Å²) in [4.78, 5) is 26.7. The number of ether oxygens (including phenoxy) is 1. The lowest BCUT2D eigenvalue weighted by atomic mass is 10.1. The van der Waals surface area contributed by atoms with Crippen LogP contribution in [0.4, 0.5) is 15.8 Å². The monoisotopic (exact) mass is 355 g/mol. The van der Waals surface area contributed by atoms with Crippen LogP contribution >= 0.6 is 0 Å². The number of nitrogens with zero attached hydrogens (tertiary/aromatic N) is 2. The zero-order valence-corrected chi connectivity index (χ0v) is 13.7. The van der Waals surface area contributed by atoms with E-state index >= 15 is 0 Å². The molecular weight excluding hydrogens is 341 g/mol. The second-order valence-corrected chi connectivity index (χ2v) is 5.44. The maximum atomic E-state index is 14.0. The molecule has 0 amide bonds. The maximum Gasteiger partial charge on any atom is 0.337 e. The number of nitrogens with one attached hydrogen (secondary N) is 1. The van der Waals surface area contributed by atoms with Crippen LogP contribution in [0.5, 0.6) is 0 Å². The fraction of sp³-hybridized carbons (Fsp3) is 0.111. The zero-order chi connectivity index (χ0) is 18.7. The average Bonchev–Trinajstić information content (AvgIpc) is 2.65. The second-order valence-electron chi connectivity index (χ2n) is 5.44. The second kappa shape index (κ2) is 7.14. The van der Waals surface area contributed by atoms with Gasteiger partial charge in [0.15, 0.2) is 0 Å². The van der Waals surface area contributed by atoms with Gasteiger partial charge in [-0.2, -0.15) is 0 Å². The van der Waals surface area contributed by atoms with E-state index in [0.29, 0.717) is 10.9 Å². The molecular formula is C18H14FN3O4. The molecule has 7 nitrogen and oxygen atoms in total. The molecule has 0 aliphatic carbocycles. The number of nitro benzene ring substituents is 1. The highest BCUT2D eigenvalue weighted by atomic mass is 19.1. The van der Waals surface area contributed by atoms with Gasteiger partial charge >= 0.3 is 11.7 Å². The van der Waals surface area contributed by atoms with Gasteiger partial charge in [-0.25, -0.2) is 9.18 Å². The first-order valence-corrected chi connectivity index (χ1v) is 7.64. The summed E-state index contributed by atoms with van der Waals surface area (Å²) in [7, 11) is 1.23. The Morgan fingerprint density at radius 3 is 2.85 bits per heavy atom. The van der Waals surface area contributed by atoms with Crippen molar-refractivity contribution < 1.29 is 18.8 Å². The van der Waals surface area contributed by atoms with E-state index in [2.05, 4.69) is 15.0 Å². The Kier molecular flexibility index (Phi) is 4.74. The van der Waals surface area contributed by atoms with Crippen LogP contribution in [0.25, 0.3) is 10.9 Å². The van der Waals surface area contributed by atoms with Crippen LogP contribution < -0.4 is 5.32 Å². The summed E-state index contributed by atoms with van der Waals surface area (Å²) in [5.41, 5.74) is 0.971. The molecule has 3 aromatic rings. The lowest BCUT2D eigenvalue weighted by Crippen LogP contribution is -2.07. The molecule has 3 rings (SSSR count). The molecule has 0 radical (unpaired) electrons. The van der Waals surface area contributed by atoms with E-state index in [9.17, 15) is 19.3 Å². The van der Waals surface area contributed by atoms with Gasteiger partial charge in [0, 0.05) is 18.3 Å². The Balaban J connectivity index is 1.94. The number of methoxy groups -OCH3 is 1. The van der Waals surface area contributed by atoms with Crippen LogP contribution in [0.2, 0.25) is 0 Å². The third kappa shape index (κ3) is 3.30. The molecule has 0 saturated carbocycles. The Hall–Kier alpha value is -3.55. The number of aromatic nitrogens is 1. The predicted molar refractivity (Wildman–Crippen MR) is 93.5 cm³/mol. The molecule has 1 N–H and O–H groups in total. The molecule has 0 spiro atoms. The number of carbonyl (C=O) groups is 1.